The van der Waals surface area contributed by atoms with E-state index < -0.39 is 0 Å². The molecule has 0 aliphatic carbocycles. The van der Waals surface area contributed by atoms with Gasteiger partial charge in [-0.2, -0.15) is 0 Å². The van der Waals surface area contributed by atoms with Gasteiger partial charge in [0.25, 0.3) is 0 Å². The van der Waals surface area contributed by atoms with Crippen LogP contribution in [-0.2, 0) is 12.8 Å². The zero-order valence-electron chi connectivity index (χ0n) is 21.1. The van der Waals surface area contributed by atoms with E-state index in [4.69, 9.17) is 0 Å². The van der Waals surface area contributed by atoms with E-state index in [1.165, 1.54) is 63.6 Å². The lowest BCUT2D eigenvalue weighted by atomic mass is 10.0. The number of halogens is 2. The largest absolute Gasteiger partial charge is 0.508 e. The first kappa shape index (κ1) is 31.7. The second-order valence-electron chi connectivity index (χ2n) is 9.53. The van der Waals surface area contributed by atoms with Crippen LogP contribution in [-0.4, -0.2) is 63.9 Å². The number of hydrogen-bond acceptors (Lipinski definition) is 5. The van der Waals surface area contributed by atoms with Crippen LogP contribution in [0.25, 0.3) is 0 Å². The third kappa shape index (κ3) is 11.1. The number of phenols is 3. The molecule has 2 aromatic rings. The van der Waals surface area contributed by atoms with Crippen molar-refractivity contribution in [3.05, 3.63) is 53.6 Å². The first-order valence-corrected chi connectivity index (χ1v) is 12.8. The summed E-state index contributed by atoms with van der Waals surface area (Å²) in [6.45, 7) is 7.99. The van der Waals surface area contributed by atoms with Crippen LogP contribution < -0.4 is 0 Å². The van der Waals surface area contributed by atoms with Gasteiger partial charge >= 0.3 is 0 Å². The lowest BCUT2D eigenvalue weighted by Crippen LogP contribution is -2.32. The standard InChI is InChI=1S/C28H42N2O3.2BrH/c1-2-16-29(20-15-23-9-12-26(31)13-10-23)17-5-3-4-6-18-30-19-7-8-25(30)21-24-11-14-27(32)28(33)22-24;;/h9-14,22,25,31-33H,2-8,15-21H2,1H3;2*1H/t25-;;/m1../s1. The Kier molecular flexibility index (Phi) is 15.6. The Morgan fingerprint density at radius 3 is 2.26 bits per heavy atom. The molecule has 1 fully saturated rings. The maximum Gasteiger partial charge on any atom is 0.157 e. The van der Waals surface area contributed by atoms with Gasteiger partial charge in [0.15, 0.2) is 11.5 Å². The minimum Gasteiger partial charge on any atom is -0.508 e. The number of rotatable bonds is 14. The smallest absolute Gasteiger partial charge is 0.157 e. The fraction of sp³-hybridized carbons (Fsp3) is 0.571. The van der Waals surface area contributed by atoms with E-state index in [1.807, 2.05) is 18.2 Å². The molecule has 35 heavy (non-hydrogen) atoms. The molecular weight excluding hydrogens is 572 g/mol. The van der Waals surface area contributed by atoms with Crippen LogP contribution in [0.3, 0.4) is 0 Å². The monoisotopic (exact) mass is 614 g/mol. The predicted octanol–water partition coefficient (Wildman–Crippen LogP) is 6.48. The van der Waals surface area contributed by atoms with E-state index in [0.717, 1.165) is 38.0 Å². The molecule has 7 heteroatoms. The van der Waals surface area contributed by atoms with Gasteiger partial charge in [0.05, 0.1) is 0 Å². The van der Waals surface area contributed by atoms with Gasteiger partial charge < -0.3 is 25.1 Å². The first-order chi connectivity index (χ1) is 16.0. The predicted molar refractivity (Wildman–Crippen MR) is 156 cm³/mol. The summed E-state index contributed by atoms with van der Waals surface area (Å²) in [5.74, 6) is 0.279. The van der Waals surface area contributed by atoms with Crippen molar-refractivity contribution in [3.8, 4) is 17.2 Å². The van der Waals surface area contributed by atoms with Gasteiger partial charge in [-0.1, -0.05) is 38.0 Å². The Labute approximate surface area is 232 Å². The molecule has 2 aromatic carbocycles. The molecule has 3 N–H and O–H groups in total. The van der Waals surface area contributed by atoms with Crippen molar-refractivity contribution in [2.45, 2.75) is 70.8 Å². The molecule has 1 heterocycles. The van der Waals surface area contributed by atoms with Crippen LogP contribution >= 0.6 is 34.0 Å². The molecule has 1 saturated heterocycles. The van der Waals surface area contributed by atoms with Gasteiger partial charge in [-0.05, 0) is 107 Å². The van der Waals surface area contributed by atoms with Crippen molar-refractivity contribution in [3.63, 3.8) is 0 Å². The first-order valence-electron chi connectivity index (χ1n) is 12.8. The van der Waals surface area contributed by atoms with E-state index >= 15 is 0 Å². The molecule has 0 bridgehead atoms. The number of phenolic OH excluding ortho intramolecular Hbond substituents is 3. The van der Waals surface area contributed by atoms with E-state index in [1.54, 1.807) is 24.3 Å². The summed E-state index contributed by atoms with van der Waals surface area (Å²) in [4.78, 5) is 5.20. The van der Waals surface area contributed by atoms with E-state index in [-0.39, 0.29) is 45.5 Å². The maximum atomic E-state index is 9.76. The van der Waals surface area contributed by atoms with Crippen LogP contribution in [0.2, 0.25) is 0 Å². The average molecular weight is 616 g/mol. The molecular formula is C28H44Br2N2O3. The molecule has 0 saturated carbocycles. The highest BCUT2D eigenvalue weighted by Gasteiger charge is 2.24. The summed E-state index contributed by atoms with van der Waals surface area (Å²) in [6.07, 6.45) is 10.7. The number of benzene rings is 2. The fourth-order valence-electron chi connectivity index (χ4n) is 4.99. The maximum absolute atomic E-state index is 9.76. The van der Waals surface area contributed by atoms with Gasteiger partial charge in [-0.25, -0.2) is 0 Å². The highest BCUT2D eigenvalue weighted by atomic mass is 79.9. The van der Waals surface area contributed by atoms with Gasteiger partial charge in [-0.3, -0.25) is 0 Å². The van der Waals surface area contributed by atoms with E-state index in [9.17, 15) is 15.3 Å². The Morgan fingerprint density at radius 2 is 1.54 bits per heavy atom. The summed E-state index contributed by atoms with van der Waals surface area (Å²) in [5, 5.41) is 28.7. The third-order valence-electron chi connectivity index (χ3n) is 6.87. The summed E-state index contributed by atoms with van der Waals surface area (Å²) in [6, 6.07) is 13.4. The van der Waals surface area contributed by atoms with Gasteiger partial charge in [0, 0.05) is 12.6 Å². The number of nitrogens with zero attached hydrogens (tertiary/aromatic N) is 2. The molecule has 1 aliphatic heterocycles. The topological polar surface area (TPSA) is 67.2 Å². The second-order valence-corrected chi connectivity index (χ2v) is 9.53. The molecule has 0 aromatic heterocycles. The highest BCUT2D eigenvalue weighted by molar-refractivity contribution is 8.93. The summed E-state index contributed by atoms with van der Waals surface area (Å²) >= 11 is 0. The molecule has 3 rings (SSSR count). The third-order valence-corrected chi connectivity index (χ3v) is 6.87. The Hall–Kier alpha value is -1.28. The van der Waals surface area contributed by atoms with Crippen molar-refractivity contribution >= 4 is 34.0 Å². The van der Waals surface area contributed by atoms with E-state index in [0.29, 0.717) is 11.8 Å². The van der Waals surface area contributed by atoms with Gasteiger partial charge in [0.1, 0.15) is 5.75 Å². The van der Waals surface area contributed by atoms with Crippen LogP contribution in [0.1, 0.15) is 63.0 Å². The minimum atomic E-state index is -0.0418. The van der Waals surface area contributed by atoms with Crippen LogP contribution in [0.15, 0.2) is 42.5 Å². The van der Waals surface area contributed by atoms with Crippen LogP contribution in [0, 0.1) is 0 Å². The van der Waals surface area contributed by atoms with Crippen molar-refractivity contribution in [2.75, 3.05) is 32.7 Å². The lowest BCUT2D eigenvalue weighted by molar-refractivity contribution is 0.242. The zero-order chi connectivity index (χ0) is 23.5. The lowest BCUT2D eigenvalue weighted by Gasteiger charge is -2.25. The molecule has 0 spiro atoms. The zero-order valence-corrected chi connectivity index (χ0v) is 24.5. The Bertz CT molecular complexity index is 835. The van der Waals surface area contributed by atoms with E-state index in [2.05, 4.69) is 16.7 Å². The van der Waals surface area contributed by atoms with Gasteiger partial charge in [-0.15, -0.1) is 34.0 Å². The summed E-state index contributed by atoms with van der Waals surface area (Å²) < 4.78 is 0. The molecule has 198 valence electrons. The van der Waals surface area contributed by atoms with Crippen LogP contribution in [0.4, 0.5) is 0 Å². The fourth-order valence-corrected chi connectivity index (χ4v) is 4.99. The van der Waals surface area contributed by atoms with Gasteiger partial charge in [0.2, 0.25) is 0 Å². The molecule has 0 radical (unpaired) electrons. The molecule has 5 nitrogen and oxygen atoms in total. The summed E-state index contributed by atoms with van der Waals surface area (Å²) in [5.41, 5.74) is 2.39. The number of hydrogen-bond donors (Lipinski definition) is 3. The molecule has 0 amide bonds. The molecule has 0 unspecified atom stereocenters. The normalized spacial score (nSPS) is 15.7. The number of likely N-dealkylation sites (tertiary alicyclic amines) is 1. The summed E-state index contributed by atoms with van der Waals surface area (Å²) in [7, 11) is 0. The minimum absolute atomic E-state index is 0. The van der Waals surface area contributed by atoms with Crippen molar-refractivity contribution in [2.24, 2.45) is 0 Å². The van der Waals surface area contributed by atoms with Crippen molar-refractivity contribution in [1.29, 1.82) is 0 Å². The SMILES string of the molecule is Br.Br.CCCN(CCCCCCN1CCC[C@@H]1Cc1ccc(O)c(O)c1)CCc1ccc(O)cc1. The van der Waals surface area contributed by atoms with Crippen LogP contribution in [0.5, 0.6) is 17.2 Å². The Morgan fingerprint density at radius 1 is 0.829 bits per heavy atom. The average Bonchev–Trinajstić information content (AvgIpc) is 3.24. The number of unbranched alkanes of at least 4 members (excludes halogenated alkanes) is 3. The highest BCUT2D eigenvalue weighted by Crippen LogP contribution is 2.28. The Balaban J connectivity index is 0.00000306. The van der Waals surface area contributed by atoms with Crippen molar-refractivity contribution < 1.29 is 15.3 Å². The number of aromatic hydroxyl groups is 3. The van der Waals surface area contributed by atoms with Crippen molar-refractivity contribution in [1.82, 2.24) is 9.80 Å². The molecule has 1 atom stereocenters. The second kappa shape index (κ2) is 17.2. The quantitative estimate of drug-likeness (QED) is 0.168. The molecule has 1 aliphatic rings.